The number of ether oxygens (including phenoxy) is 1. The van der Waals surface area contributed by atoms with E-state index in [0.29, 0.717) is 29.9 Å². The second-order valence-corrected chi connectivity index (χ2v) is 5.36. The molecule has 6 nitrogen and oxygen atoms in total. The monoisotopic (exact) mass is 345 g/mol. The van der Waals surface area contributed by atoms with Gasteiger partial charge >= 0.3 is 6.18 Å². The second kappa shape index (κ2) is 7.06. The third kappa shape index (κ3) is 4.15. The Bertz CT molecular complexity index is 647. The molecule has 0 spiro atoms. The fourth-order valence-corrected chi connectivity index (χ4v) is 2.40. The van der Waals surface area contributed by atoms with E-state index in [-0.39, 0.29) is 18.3 Å². The Hall–Kier alpha value is -2.32. The van der Waals surface area contributed by atoms with Crippen molar-refractivity contribution in [2.75, 3.05) is 13.7 Å². The maximum atomic E-state index is 12.2. The SMILES string of the molecule is CCN1Cc2nc(OC)c(CNC(=O)CCC(F)(F)F)cc2C1=O. The molecule has 132 valence electrons. The number of nitrogens with zero attached hydrogens (tertiary/aromatic N) is 2. The molecule has 0 aliphatic carbocycles. The quantitative estimate of drug-likeness (QED) is 0.856. The van der Waals surface area contributed by atoms with Crippen LogP contribution in [0.25, 0.3) is 0 Å². The summed E-state index contributed by atoms with van der Waals surface area (Å²) in [6.45, 7) is 2.72. The number of fused-ring (bicyclic) bond motifs is 1. The number of carbonyl (C=O) groups excluding carboxylic acids is 2. The number of pyridine rings is 1. The van der Waals surface area contributed by atoms with Crippen LogP contribution < -0.4 is 10.1 Å². The number of rotatable bonds is 6. The number of nitrogens with one attached hydrogen (secondary N) is 1. The lowest BCUT2D eigenvalue weighted by atomic mass is 10.1. The van der Waals surface area contributed by atoms with E-state index in [1.807, 2.05) is 6.92 Å². The first kappa shape index (κ1) is 18.0. The Kier molecular flexibility index (Phi) is 5.30. The molecule has 9 heteroatoms. The van der Waals surface area contributed by atoms with Crippen molar-refractivity contribution < 1.29 is 27.5 Å². The molecular formula is C15H18F3N3O3. The topological polar surface area (TPSA) is 71.5 Å². The number of amides is 2. The number of hydrogen-bond acceptors (Lipinski definition) is 4. The first-order valence-electron chi connectivity index (χ1n) is 7.44. The van der Waals surface area contributed by atoms with E-state index in [2.05, 4.69) is 10.3 Å². The largest absolute Gasteiger partial charge is 0.481 e. The van der Waals surface area contributed by atoms with Crippen LogP contribution in [0.1, 0.15) is 41.4 Å². The molecule has 1 aromatic rings. The molecule has 0 saturated carbocycles. The fourth-order valence-electron chi connectivity index (χ4n) is 2.40. The van der Waals surface area contributed by atoms with Crippen LogP contribution in [0.3, 0.4) is 0 Å². The molecule has 0 aromatic carbocycles. The zero-order valence-electron chi connectivity index (χ0n) is 13.4. The summed E-state index contributed by atoms with van der Waals surface area (Å²) in [6, 6.07) is 1.57. The number of halogens is 3. The van der Waals surface area contributed by atoms with Gasteiger partial charge in [-0.3, -0.25) is 9.59 Å². The van der Waals surface area contributed by atoms with Crippen molar-refractivity contribution in [2.45, 2.75) is 39.0 Å². The van der Waals surface area contributed by atoms with Gasteiger partial charge in [0.05, 0.1) is 31.3 Å². The molecule has 0 fully saturated rings. The predicted octanol–water partition coefficient (Wildman–Crippen LogP) is 2.02. The molecule has 1 aliphatic rings. The molecular weight excluding hydrogens is 327 g/mol. The Labute approximate surface area is 137 Å². The zero-order valence-corrected chi connectivity index (χ0v) is 13.4. The van der Waals surface area contributed by atoms with Crippen LogP contribution in [0.2, 0.25) is 0 Å². The van der Waals surface area contributed by atoms with Gasteiger partial charge in [0.15, 0.2) is 0 Å². The molecule has 2 rings (SSSR count). The third-order valence-corrected chi connectivity index (χ3v) is 3.69. The van der Waals surface area contributed by atoms with Gasteiger partial charge in [0.1, 0.15) is 0 Å². The van der Waals surface area contributed by atoms with Crippen LogP contribution in [0.5, 0.6) is 5.88 Å². The Morgan fingerprint density at radius 2 is 2.17 bits per heavy atom. The molecule has 1 N–H and O–H groups in total. The molecule has 0 saturated heterocycles. The van der Waals surface area contributed by atoms with Gasteiger partial charge in [0.2, 0.25) is 11.8 Å². The van der Waals surface area contributed by atoms with E-state index < -0.39 is 24.9 Å². The third-order valence-electron chi connectivity index (χ3n) is 3.69. The Balaban J connectivity index is 2.07. The summed E-state index contributed by atoms with van der Waals surface area (Å²) in [5.74, 6) is -0.640. The van der Waals surface area contributed by atoms with Crippen molar-refractivity contribution in [3.63, 3.8) is 0 Å². The van der Waals surface area contributed by atoms with Crippen LogP contribution in [0, 0.1) is 0 Å². The normalized spacial score (nSPS) is 13.9. The van der Waals surface area contributed by atoms with Gasteiger partial charge < -0.3 is 15.0 Å². The fraction of sp³-hybridized carbons (Fsp3) is 0.533. The number of hydrogen-bond donors (Lipinski definition) is 1. The number of carbonyl (C=O) groups is 2. The summed E-state index contributed by atoms with van der Waals surface area (Å²) in [5.41, 5.74) is 1.46. The van der Waals surface area contributed by atoms with Crippen molar-refractivity contribution >= 4 is 11.8 Å². The van der Waals surface area contributed by atoms with Gasteiger partial charge in [-0.2, -0.15) is 13.2 Å². The molecule has 0 atom stereocenters. The maximum absolute atomic E-state index is 12.2. The van der Waals surface area contributed by atoms with E-state index in [1.165, 1.54) is 7.11 Å². The molecule has 1 aromatic heterocycles. The second-order valence-electron chi connectivity index (χ2n) is 5.36. The van der Waals surface area contributed by atoms with Crippen molar-refractivity contribution in [3.05, 3.63) is 22.9 Å². The summed E-state index contributed by atoms with van der Waals surface area (Å²) in [6.07, 6.45) is -6.20. The van der Waals surface area contributed by atoms with Crippen molar-refractivity contribution in [1.29, 1.82) is 0 Å². The summed E-state index contributed by atoms with van der Waals surface area (Å²) in [5, 5.41) is 2.39. The number of aromatic nitrogens is 1. The highest BCUT2D eigenvalue weighted by Crippen LogP contribution is 2.27. The van der Waals surface area contributed by atoms with Gasteiger partial charge in [-0.05, 0) is 13.0 Å². The van der Waals surface area contributed by atoms with E-state index in [1.54, 1.807) is 11.0 Å². The predicted molar refractivity (Wildman–Crippen MR) is 78.3 cm³/mol. The summed E-state index contributed by atoms with van der Waals surface area (Å²) in [7, 11) is 1.40. The van der Waals surface area contributed by atoms with Crippen molar-refractivity contribution in [1.82, 2.24) is 15.2 Å². The Morgan fingerprint density at radius 3 is 2.75 bits per heavy atom. The lowest BCUT2D eigenvalue weighted by molar-refractivity contribution is -0.144. The highest BCUT2D eigenvalue weighted by Gasteiger charge is 2.30. The molecule has 2 amide bonds. The van der Waals surface area contributed by atoms with Gasteiger partial charge in [-0.15, -0.1) is 0 Å². The maximum Gasteiger partial charge on any atom is 0.389 e. The molecule has 0 bridgehead atoms. The van der Waals surface area contributed by atoms with Crippen LogP contribution in [0.4, 0.5) is 13.2 Å². The van der Waals surface area contributed by atoms with Gasteiger partial charge in [-0.25, -0.2) is 4.98 Å². The standard InChI is InChI=1S/C15H18F3N3O3/c1-3-21-8-11-10(14(21)23)6-9(13(20-11)24-2)7-19-12(22)4-5-15(16,17)18/h6H,3-5,7-8H2,1-2H3,(H,19,22). The zero-order chi connectivity index (χ0) is 17.9. The highest BCUT2D eigenvalue weighted by atomic mass is 19.4. The molecule has 2 heterocycles. The minimum absolute atomic E-state index is 0.0560. The van der Waals surface area contributed by atoms with Crippen LogP contribution in [-0.4, -0.2) is 41.5 Å². The van der Waals surface area contributed by atoms with E-state index in [4.69, 9.17) is 4.74 Å². The average molecular weight is 345 g/mol. The van der Waals surface area contributed by atoms with E-state index in [0.717, 1.165) is 0 Å². The number of methoxy groups -OCH3 is 1. The molecule has 1 aliphatic heterocycles. The molecule has 0 unspecified atom stereocenters. The average Bonchev–Trinajstić information content (AvgIpc) is 2.84. The number of alkyl halides is 3. The van der Waals surface area contributed by atoms with Crippen LogP contribution in [0.15, 0.2) is 6.07 Å². The minimum atomic E-state index is -4.37. The minimum Gasteiger partial charge on any atom is -0.481 e. The lowest BCUT2D eigenvalue weighted by Gasteiger charge is -2.11. The smallest absolute Gasteiger partial charge is 0.389 e. The van der Waals surface area contributed by atoms with E-state index in [9.17, 15) is 22.8 Å². The molecule has 0 radical (unpaired) electrons. The first-order valence-corrected chi connectivity index (χ1v) is 7.44. The summed E-state index contributed by atoms with van der Waals surface area (Å²) in [4.78, 5) is 29.6. The summed E-state index contributed by atoms with van der Waals surface area (Å²) < 4.78 is 41.5. The molecule has 24 heavy (non-hydrogen) atoms. The lowest BCUT2D eigenvalue weighted by Crippen LogP contribution is -2.25. The van der Waals surface area contributed by atoms with Gasteiger partial charge in [0.25, 0.3) is 5.91 Å². The van der Waals surface area contributed by atoms with Crippen molar-refractivity contribution in [2.24, 2.45) is 0 Å². The first-order chi connectivity index (χ1) is 11.2. The van der Waals surface area contributed by atoms with Gasteiger partial charge in [-0.1, -0.05) is 0 Å². The van der Waals surface area contributed by atoms with Gasteiger partial charge in [0, 0.05) is 25.1 Å². The summed E-state index contributed by atoms with van der Waals surface area (Å²) >= 11 is 0. The highest BCUT2D eigenvalue weighted by molar-refractivity contribution is 5.98. The van der Waals surface area contributed by atoms with Crippen molar-refractivity contribution in [3.8, 4) is 5.88 Å². The van der Waals surface area contributed by atoms with E-state index >= 15 is 0 Å². The Morgan fingerprint density at radius 1 is 1.46 bits per heavy atom. The van der Waals surface area contributed by atoms with Crippen LogP contribution in [-0.2, 0) is 17.9 Å². The van der Waals surface area contributed by atoms with Crippen LogP contribution >= 0.6 is 0 Å².